The average molecular weight is 631 g/mol. The van der Waals surface area contributed by atoms with Gasteiger partial charge in [0.25, 0.3) is 11.8 Å². The Hall–Kier alpha value is -3.86. The van der Waals surface area contributed by atoms with Crippen molar-refractivity contribution in [2.75, 3.05) is 13.7 Å². The first kappa shape index (κ1) is 31.7. The number of nitrogens with one attached hydrogen (secondary N) is 2. The number of likely N-dealkylation sites (tertiary alicyclic amines) is 1. The van der Waals surface area contributed by atoms with Gasteiger partial charge in [0.1, 0.15) is 17.0 Å². The van der Waals surface area contributed by atoms with Gasteiger partial charge in [-0.1, -0.05) is 18.2 Å². The van der Waals surface area contributed by atoms with E-state index in [0.717, 1.165) is 24.8 Å². The van der Waals surface area contributed by atoms with E-state index in [9.17, 15) is 24.3 Å². The second kappa shape index (κ2) is 14.2. The first-order chi connectivity index (χ1) is 19.4. The molecule has 2 aromatic carbocycles. The number of carbonyl (C=O) groups is 4. The van der Waals surface area contributed by atoms with Gasteiger partial charge < -0.3 is 30.1 Å². The molecule has 3 rings (SSSR count). The van der Waals surface area contributed by atoms with E-state index < -0.39 is 23.6 Å². The van der Waals surface area contributed by atoms with E-state index in [1.165, 1.54) is 25.3 Å². The number of esters is 1. The SMILES string of the molecule is COC(=O)C(=CCC1CCCCN1C(=O)OC(C)(C)C)NC(=O)c1ccc(C(=O)NCc2cccc(O)c2)cc1Br. The number of benzene rings is 2. The van der Waals surface area contributed by atoms with Crippen molar-refractivity contribution in [2.24, 2.45) is 0 Å². The number of piperidine rings is 1. The van der Waals surface area contributed by atoms with Crippen molar-refractivity contribution >= 4 is 39.8 Å². The highest BCUT2D eigenvalue weighted by molar-refractivity contribution is 9.10. The van der Waals surface area contributed by atoms with Crippen molar-refractivity contribution in [1.29, 1.82) is 0 Å². The van der Waals surface area contributed by atoms with Crippen LogP contribution in [0.25, 0.3) is 0 Å². The third kappa shape index (κ3) is 9.34. The summed E-state index contributed by atoms with van der Waals surface area (Å²) in [6.45, 7) is 6.19. The fourth-order valence-electron chi connectivity index (χ4n) is 4.34. The van der Waals surface area contributed by atoms with Crippen LogP contribution in [0.15, 0.2) is 58.7 Å². The van der Waals surface area contributed by atoms with Crippen LogP contribution in [0.2, 0.25) is 0 Å². The Balaban J connectivity index is 1.69. The summed E-state index contributed by atoms with van der Waals surface area (Å²) in [6.07, 6.45) is 4.00. The first-order valence-corrected chi connectivity index (χ1v) is 14.1. The number of nitrogens with zero attached hydrogens (tertiary/aromatic N) is 1. The number of hydrogen-bond acceptors (Lipinski definition) is 7. The van der Waals surface area contributed by atoms with Gasteiger partial charge in [-0.2, -0.15) is 0 Å². The summed E-state index contributed by atoms with van der Waals surface area (Å²) in [4.78, 5) is 52.6. The molecule has 2 aromatic rings. The summed E-state index contributed by atoms with van der Waals surface area (Å²) in [5, 5.41) is 15.0. The average Bonchev–Trinajstić information content (AvgIpc) is 2.92. The van der Waals surface area contributed by atoms with Crippen LogP contribution >= 0.6 is 15.9 Å². The zero-order valence-electron chi connectivity index (χ0n) is 23.7. The van der Waals surface area contributed by atoms with E-state index in [1.54, 1.807) is 35.2 Å². The predicted octanol–water partition coefficient (Wildman–Crippen LogP) is 5.05. The Morgan fingerprint density at radius 2 is 1.85 bits per heavy atom. The highest BCUT2D eigenvalue weighted by Crippen LogP contribution is 2.24. The van der Waals surface area contributed by atoms with Gasteiger partial charge in [-0.3, -0.25) is 9.59 Å². The molecule has 1 heterocycles. The van der Waals surface area contributed by atoms with Crippen LogP contribution in [0.1, 0.15) is 72.7 Å². The summed E-state index contributed by atoms with van der Waals surface area (Å²) >= 11 is 3.35. The van der Waals surface area contributed by atoms with Crippen molar-refractivity contribution in [2.45, 2.75) is 64.6 Å². The summed E-state index contributed by atoms with van der Waals surface area (Å²) in [5.74, 6) is -1.56. The van der Waals surface area contributed by atoms with Gasteiger partial charge in [-0.25, -0.2) is 9.59 Å². The van der Waals surface area contributed by atoms with Gasteiger partial charge in [-0.15, -0.1) is 0 Å². The molecule has 1 fully saturated rings. The summed E-state index contributed by atoms with van der Waals surface area (Å²) in [7, 11) is 1.22. The molecule has 1 saturated heterocycles. The lowest BCUT2D eigenvalue weighted by molar-refractivity contribution is -0.136. The lowest BCUT2D eigenvalue weighted by atomic mass is 9.99. The number of ether oxygens (including phenoxy) is 2. The molecule has 3 N–H and O–H groups in total. The third-order valence-electron chi connectivity index (χ3n) is 6.34. The minimum atomic E-state index is -0.725. The van der Waals surface area contributed by atoms with Crippen LogP contribution in [0, 0.1) is 0 Å². The summed E-state index contributed by atoms with van der Waals surface area (Å²) < 4.78 is 10.8. The number of phenols is 1. The lowest BCUT2D eigenvalue weighted by Gasteiger charge is -2.36. The minimum Gasteiger partial charge on any atom is -0.508 e. The number of amides is 3. The second-order valence-corrected chi connectivity index (χ2v) is 11.5. The van der Waals surface area contributed by atoms with Crippen molar-refractivity contribution in [1.82, 2.24) is 15.5 Å². The fraction of sp³-hybridized carbons (Fsp3) is 0.400. The zero-order chi connectivity index (χ0) is 30.2. The smallest absolute Gasteiger partial charge is 0.410 e. The molecule has 0 aliphatic carbocycles. The van der Waals surface area contributed by atoms with Crippen LogP contribution in [-0.4, -0.2) is 59.2 Å². The van der Waals surface area contributed by atoms with E-state index in [-0.39, 0.29) is 35.5 Å². The molecule has 1 aliphatic rings. The van der Waals surface area contributed by atoms with E-state index in [1.807, 2.05) is 20.8 Å². The number of hydrogen-bond donors (Lipinski definition) is 3. The Labute approximate surface area is 248 Å². The molecule has 11 heteroatoms. The van der Waals surface area contributed by atoms with Crippen molar-refractivity contribution in [3.63, 3.8) is 0 Å². The van der Waals surface area contributed by atoms with Crippen LogP contribution < -0.4 is 10.6 Å². The Morgan fingerprint density at radius 1 is 1.10 bits per heavy atom. The van der Waals surface area contributed by atoms with Crippen LogP contribution in [0.5, 0.6) is 5.75 Å². The maximum Gasteiger partial charge on any atom is 0.410 e. The quantitative estimate of drug-likeness (QED) is 0.275. The van der Waals surface area contributed by atoms with Crippen LogP contribution in [-0.2, 0) is 20.8 Å². The molecule has 10 nitrogen and oxygen atoms in total. The first-order valence-electron chi connectivity index (χ1n) is 13.3. The molecular formula is C30H36BrN3O7. The molecule has 0 radical (unpaired) electrons. The standard InChI is InChI=1S/C30H36BrN3O7/c1-30(2,3)41-29(39)34-15-6-5-9-21(34)12-14-25(28(38)40-4)33-27(37)23-13-11-20(17-24(23)31)26(36)32-18-19-8-7-10-22(35)16-19/h7-8,10-11,13-14,16-17,21,35H,5-6,9,12,15,18H2,1-4H3,(H,32,36)(H,33,37). The third-order valence-corrected chi connectivity index (χ3v) is 7.00. The number of halogens is 1. The monoisotopic (exact) mass is 629 g/mol. The Bertz CT molecular complexity index is 1320. The zero-order valence-corrected chi connectivity index (χ0v) is 25.2. The van der Waals surface area contributed by atoms with Gasteiger partial charge in [-0.05, 0) is 98.3 Å². The number of carbonyl (C=O) groups excluding carboxylic acids is 4. The van der Waals surface area contributed by atoms with Crippen molar-refractivity contribution in [3.05, 3.63) is 75.4 Å². The molecule has 3 amide bonds. The Morgan fingerprint density at radius 3 is 2.51 bits per heavy atom. The molecule has 1 aliphatic heterocycles. The largest absolute Gasteiger partial charge is 0.508 e. The second-order valence-electron chi connectivity index (χ2n) is 10.7. The van der Waals surface area contributed by atoms with E-state index in [2.05, 4.69) is 26.6 Å². The Kier molecular flexibility index (Phi) is 10.9. The molecule has 0 aromatic heterocycles. The van der Waals surface area contributed by atoms with Gasteiger partial charge in [0, 0.05) is 29.2 Å². The number of aromatic hydroxyl groups is 1. The van der Waals surface area contributed by atoms with Gasteiger partial charge in [0.05, 0.1) is 12.7 Å². The van der Waals surface area contributed by atoms with E-state index in [0.29, 0.717) is 23.0 Å². The van der Waals surface area contributed by atoms with E-state index in [4.69, 9.17) is 9.47 Å². The van der Waals surface area contributed by atoms with Crippen molar-refractivity contribution < 1.29 is 33.8 Å². The molecular weight excluding hydrogens is 594 g/mol. The number of methoxy groups -OCH3 is 1. The van der Waals surface area contributed by atoms with Gasteiger partial charge in [0.2, 0.25) is 0 Å². The van der Waals surface area contributed by atoms with Crippen LogP contribution in [0.3, 0.4) is 0 Å². The maximum absolute atomic E-state index is 13.1. The van der Waals surface area contributed by atoms with Gasteiger partial charge in [0.15, 0.2) is 0 Å². The van der Waals surface area contributed by atoms with E-state index >= 15 is 0 Å². The molecule has 0 saturated carbocycles. The van der Waals surface area contributed by atoms with Crippen LogP contribution in [0.4, 0.5) is 4.79 Å². The van der Waals surface area contributed by atoms with Crippen molar-refractivity contribution in [3.8, 4) is 5.75 Å². The summed E-state index contributed by atoms with van der Waals surface area (Å²) in [5.41, 5.74) is 0.578. The highest BCUT2D eigenvalue weighted by Gasteiger charge is 2.30. The molecule has 1 atom stereocenters. The normalized spacial score (nSPS) is 15.6. The highest BCUT2D eigenvalue weighted by atomic mass is 79.9. The molecule has 41 heavy (non-hydrogen) atoms. The molecule has 0 spiro atoms. The molecule has 0 bridgehead atoms. The summed E-state index contributed by atoms with van der Waals surface area (Å²) in [6, 6.07) is 10.8. The fourth-order valence-corrected chi connectivity index (χ4v) is 4.90. The predicted molar refractivity (Wildman–Crippen MR) is 156 cm³/mol. The molecule has 1 unspecified atom stereocenters. The number of rotatable bonds is 8. The topological polar surface area (TPSA) is 134 Å². The number of phenolic OH excluding ortho intramolecular Hbond substituents is 1. The lowest BCUT2D eigenvalue weighted by Crippen LogP contribution is -2.46. The minimum absolute atomic E-state index is 0.0490. The van der Waals surface area contributed by atoms with Gasteiger partial charge >= 0.3 is 12.1 Å². The molecule has 220 valence electrons. The maximum atomic E-state index is 13.1.